The van der Waals surface area contributed by atoms with E-state index >= 15 is 0 Å². The average Bonchev–Trinajstić information content (AvgIpc) is 2.47. The molecule has 0 aliphatic heterocycles. The van der Waals surface area contributed by atoms with Gasteiger partial charge in [-0.25, -0.2) is 0 Å². The van der Waals surface area contributed by atoms with Crippen LogP contribution in [0.1, 0.15) is 11.1 Å². The van der Waals surface area contributed by atoms with Gasteiger partial charge in [0.25, 0.3) is 0 Å². The summed E-state index contributed by atoms with van der Waals surface area (Å²) in [5, 5.41) is 12.4. The third-order valence-electron chi connectivity index (χ3n) is 2.14. The second-order valence-corrected chi connectivity index (χ2v) is 4.01. The van der Waals surface area contributed by atoms with Crippen molar-refractivity contribution in [2.24, 2.45) is 0 Å². The molecule has 3 heteroatoms. The van der Waals surface area contributed by atoms with E-state index in [4.69, 9.17) is 10.8 Å². The van der Waals surface area contributed by atoms with Crippen LogP contribution in [0.25, 0.3) is 10.1 Å². The van der Waals surface area contributed by atoms with Crippen molar-refractivity contribution in [1.29, 1.82) is 0 Å². The van der Waals surface area contributed by atoms with Crippen molar-refractivity contribution in [3.8, 4) is 0 Å². The van der Waals surface area contributed by atoms with Crippen LogP contribution in [0.3, 0.4) is 0 Å². The number of thiophene rings is 1. The highest BCUT2D eigenvalue weighted by Crippen LogP contribution is 2.30. The van der Waals surface area contributed by atoms with Crippen LogP contribution < -0.4 is 5.73 Å². The molecule has 68 valence electrons. The summed E-state index contributed by atoms with van der Waals surface area (Å²) in [5.74, 6) is 0. The minimum Gasteiger partial charge on any atom is -0.399 e. The first-order valence-electron chi connectivity index (χ1n) is 4.09. The molecular formula is C10H11NOS. The van der Waals surface area contributed by atoms with Crippen LogP contribution in [0.5, 0.6) is 0 Å². The Balaban J connectivity index is 2.84. The van der Waals surface area contributed by atoms with Gasteiger partial charge in [-0.2, -0.15) is 0 Å². The standard InChI is InChI=1S/C10H11NOS/c1-6-5-13-10-7(4-12)2-8(11)3-9(6)10/h2-3,5,12H,4,11H2,1H3. The van der Waals surface area contributed by atoms with Crippen LogP contribution in [0, 0.1) is 6.92 Å². The summed E-state index contributed by atoms with van der Waals surface area (Å²) in [4.78, 5) is 0. The molecule has 0 saturated carbocycles. The molecule has 0 unspecified atom stereocenters. The summed E-state index contributed by atoms with van der Waals surface area (Å²) in [6.07, 6.45) is 0. The number of fused-ring (bicyclic) bond motifs is 1. The van der Waals surface area contributed by atoms with Crippen molar-refractivity contribution in [1.82, 2.24) is 0 Å². The van der Waals surface area contributed by atoms with Crippen molar-refractivity contribution >= 4 is 27.1 Å². The zero-order valence-corrected chi connectivity index (χ0v) is 8.19. The molecule has 0 radical (unpaired) electrons. The molecule has 0 bridgehead atoms. The molecule has 3 N–H and O–H groups in total. The lowest BCUT2D eigenvalue weighted by atomic mass is 10.1. The van der Waals surface area contributed by atoms with Crippen molar-refractivity contribution in [2.45, 2.75) is 13.5 Å². The molecule has 1 aromatic carbocycles. The average molecular weight is 193 g/mol. The van der Waals surface area contributed by atoms with Gasteiger partial charge in [0.2, 0.25) is 0 Å². The molecular weight excluding hydrogens is 182 g/mol. The Morgan fingerprint density at radius 3 is 2.92 bits per heavy atom. The van der Waals surface area contributed by atoms with Crippen LogP contribution in [0.2, 0.25) is 0 Å². The monoisotopic (exact) mass is 193 g/mol. The molecule has 0 aliphatic rings. The Morgan fingerprint density at radius 2 is 2.23 bits per heavy atom. The molecule has 0 spiro atoms. The highest BCUT2D eigenvalue weighted by molar-refractivity contribution is 7.17. The number of aliphatic hydroxyl groups is 1. The fraction of sp³-hybridized carbons (Fsp3) is 0.200. The number of aryl methyl sites for hydroxylation is 1. The fourth-order valence-electron chi connectivity index (χ4n) is 1.47. The molecule has 2 rings (SSSR count). The fourth-order valence-corrected chi connectivity index (χ4v) is 2.52. The molecule has 0 atom stereocenters. The van der Waals surface area contributed by atoms with Crippen molar-refractivity contribution in [2.75, 3.05) is 5.73 Å². The summed E-state index contributed by atoms with van der Waals surface area (Å²) in [6.45, 7) is 2.11. The largest absolute Gasteiger partial charge is 0.399 e. The Kier molecular flexibility index (Phi) is 1.98. The lowest BCUT2D eigenvalue weighted by Crippen LogP contribution is -1.89. The van der Waals surface area contributed by atoms with Gasteiger partial charge in [-0.1, -0.05) is 0 Å². The quantitative estimate of drug-likeness (QED) is 0.682. The first-order valence-corrected chi connectivity index (χ1v) is 4.97. The van der Waals surface area contributed by atoms with E-state index in [0.717, 1.165) is 21.3 Å². The normalized spacial score (nSPS) is 10.9. The van der Waals surface area contributed by atoms with Crippen molar-refractivity contribution < 1.29 is 5.11 Å². The summed E-state index contributed by atoms with van der Waals surface area (Å²) < 4.78 is 1.15. The summed E-state index contributed by atoms with van der Waals surface area (Å²) in [7, 11) is 0. The Bertz CT molecular complexity index is 447. The Labute approximate surface area is 80.6 Å². The van der Waals surface area contributed by atoms with E-state index in [1.807, 2.05) is 12.1 Å². The van der Waals surface area contributed by atoms with E-state index in [9.17, 15) is 0 Å². The molecule has 2 nitrogen and oxygen atoms in total. The van der Waals surface area contributed by atoms with E-state index in [-0.39, 0.29) is 6.61 Å². The predicted octanol–water partition coefficient (Wildman–Crippen LogP) is 2.28. The second kappa shape index (κ2) is 3.01. The summed E-state index contributed by atoms with van der Waals surface area (Å²) >= 11 is 1.66. The highest BCUT2D eigenvalue weighted by Gasteiger charge is 2.05. The van der Waals surface area contributed by atoms with Gasteiger partial charge in [0.15, 0.2) is 0 Å². The lowest BCUT2D eigenvalue weighted by molar-refractivity contribution is 0.283. The predicted molar refractivity (Wildman–Crippen MR) is 56.9 cm³/mol. The number of hydrogen-bond donors (Lipinski definition) is 2. The van der Waals surface area contributed by atoms with Gasteiger partial charge in [-0.3, -0.25) is 0 Å². The maximum Gasteiger partial charge on any atom is 0.0696 e. The van der Waals surface area contributed by atoms with Gasteiger partial charge in [-0.15, -0.1) is 11.3 Å². The molecule has 0 fully saturated rings. The van der Waals surface area contributed by atoms with Crippen molar-refractivity contribution in [3.63, 3.8) is 0 Å². The smallest absolute Gasteiger partial charge is 0.0696 e. The number of anilines is 1. The molecule has 13 heavy (non-hydrogen) atoms. The first-order chi connectivity index (χ1) is 6.22. The second-order valence-electron chi connectivity index (χ2n) is 3.13. The van der Waals surface area contributed by atoms with E-state index in [1.54, 1.807) is 11.3 Å². The summed E-state index contributed by atoms with van der Waals surface area (Å²) in [5.41, 5.74) is 8.59. The third kappa shape index (κ3) is 1.30. The number of nitrogen functional groups attached to an aromatic ring is 1. The van der Waals surface area contributed by atoms with Crippen LogP contribution in [0.15, 0.2) is 17.5 Å². The zero-order chi connectivity index (χ0) is 9.42. The van der Waals surface area contributed by atoms with Gasteiger partial charge in [0.05, 0.1) is 6.61 Å². The van der Waals surface area contributed by atoms with E-state index in [2.05, 4.69) is 12.3 Å². The minimum absolute atomic E-state index is 0.0570. The summed E-state index contributed by atoms with van der Waals surface area (Å²) in [6, 6.07) is 3.79. The van der Waals surface area contributed by atoms with E-state index in [1.165, 1.54) is 5.56 Å². The molecule has 1 aromatic heterocycles. The lowest BCUT2D eigenvalue weighted by Gasteiger charge is -2.01. The SMILES string of the molecule is Cc1csc2c(CO)cc(N)cc12. The van der Waals surface area contributed by atoms with Crippen molar-refractivity contribution in [3.05, 3.63) is 28.6 Å². The van der Waals surface area contributed by atoms with Crippen LogP contribution in [0.4, 0.5) is 5.69 Å². The Morgan fingerprint density at radius 1 is 1.46 bits per heavy atom. The van der Waals surface area contributed by atoms with E-state index < -0.39 is 0 Å². The maximum absolute atomic E-state index is 9.12. The number of benzene rings is 1. The maximum atomic E-state index is 9.12. The molecule has 1 heterocycles. The van der Waals surface area contributed by atoms with Crippen LogP contribution in [-0.2, 0) is 6.61 Å². The molecule has 0 aliphatic carbocycles. The van der Waals surface area contributed by atoms with Gasteiger partial charge in [0, 0.05) is 10.4 Å². The molecule has 2 aromatic rings. The molecule has 0 saturated heterocycles. The highest BCUT2D eigenvalue weighted by atomic mass is 32.1. The third-order valence-corrected chi connectivity index (χ3v) is 3.33. The van der Waals surface area contributed by atoms with Gasteiger partial charge in [-0.05, 0) is 40.9 Å². The molecule has 0 amide bonds. The number of nitrogens with two attached hydrogens (primary N) is 1. The van der Waals surface area contributed by atoms with Gasteiger partial charge in [0.1, 0.15) is 0 Å². The van der Waals surface area contributed by atoms with Crippen LogP contribution >= 0.6 is 11.3 Å². The zero-order valence-electron chi connectivity index (χ0n) is 7.37. The van der Waals surface area contributed by atoms with E-state index in [0.29, 0.717) is 0 Å². The van der Waals surface area contributed by atoms with Crippen LogP contribution in [-0.4, -0.2) is 5.11 Å². The van der Waals surface area contributed by atoms with Gasteiger partial charge >= 0.3 is 0 Å². The minimum atomic E-state index is 0.0570. The Hall–Kier alpha value is -1.06. The number of aliphatic hydroxyl groups excluding tert-OH is 1. The number of rotatable bonds is 1. The first kappa shape index (κ1) is 8.53. The van der Waals surface area contributed by atoms with Gasteiger partial charge < -0.3 is 10.8 Å². The topological polar surface area (TPSA) is 46.2 Å². The number of hydrogen-bond acceptors (Lipinski definition) is 3.